The molecule has 0 aliphatic heterocycles. The van der Waals surface area contributed by atoms with E-state index in [0.29, 0.717) is 6.04 Å². The van der Waals surface area contributed by atoms with Gasteiger partial charge in [0.15, 0.2) is 0 Å². The zero-order valence-corrected chi connectivity index (χ0v) is 9.96. The summed E-state index contributed by atoms with van der Waals surface area (Å²) in [6.45, 7) is 2.99. The molecule has 1 atom stereocenters. The standard InChI is InChI=1S/C13H15ClN2/c1-10(11-4-6-12(14)7-5-11)16-9-13-3-2-8-15-13/h2-8,10,15-16H,9H2,1H3/t10-/m1/s1. The van der Waals surface area contributed by atoms with Gasteiger partial charge < -0.3 is 10.3 Å². The van der Waals surface area contributed by atoms with E-state index in [1.807, 2.05) is 24.4 Å². The average molecular weight is 235 g/mol. The Kier molecular flexibility index (Phi) is 3.65. The molecule has 0 fully saturated rings. The molecule has 2 nitrogen and oxygen atoms in total. The second-order valence-electron chi connectivity index (χ2n) is 3.85. The van der Waals surface area contributed by atoms with Crippen LogP contribution in [0, 0.1) is 0 Å². The van der Waals surface area contributed by atoms with Crippen molar-refractivity contribution in [2.24, 2.45) is 0 Å². The van der Waals surface area contributed by atoms with Crippen molar-refractivity contribution in [2.75, 3.05) is 0 Å². The molecule has 1 aromatic carbocycles. The van der Waals surface area contributed by atoms with E-state index in [9.17, 15) is 0 Å². The molecule has 1 aromatic heterocycles. The highest BCUT2D eigenvalue weighted by atomic mass is 35.5. The second kappa shape index (κ2) is 5.19. The van der Waals surface area contributed by atoms with Crippen molar-refractivity contribution < 1.29 is 0 Å². The maximum atomic E-state index is 5.85. The first-order valence-electron chi connectivity index (χ1n) is 5.37. The summed E-state index contributed by atoms with van der Waals surface area (Å²) in [4.78, 5) is 3.17. The van der Waals surface area contributed by atoms with Gasteiger partial charge in [-0.2, -0.15) is 0 Å². The predicted octanol–water partition coefficient (Wildman–Crippen LogP) is 3.52. The molecule has 16 heavy (non-hydrogen) atoms. The summed E-state index contributed by atoms with van der Waals surface area (Å²) in [6, 6.07) is 12.3. The third-order valence-electron chi connectivity index (χ3n) is 2.63. The Morgan fingerprint density at radius 1 is 1.25 bits per heavy atom. The molecule has 0 unspecified atom stereocenters. The van der Waals surface area contributed by atoms with E-state index >= 15 is 0 Å². The van der Waals surface area contributed by atoms with Crippen LogP contribution in [0.15, 0.2) is 42.6 Å². The Balaban J connectivity index is 1.93. The highest BCUT2D eigenvalue weighted by Gasteiger charge is 2.04. The maximum absolute atomic E-state index is 5.85. The number of hydrogen-bond donors (Lipinski definition) is 2. The zero-order chi connectivity index (χ0) is 11.4. The second-order valence-corrected chi connectivity index (χ2v) is 4.29. The molecule has 2 N–H and O–H groups in total. The van der Waals surface area contributed by atoms with Crippen molar-refractivity contribution in [1.82, 2.24) is 10.3 Å². The molecule has 0 aliphatic carbocycles. The SMILES string of the molecule is C[C@@H](NCc1ccc[nH]1)c1ccc(Cl)cc1. The lowest BCUT2D eigenvalue weighted by Gasteiger charge is -2.13. The lowest BCUT2D eigenvalue weighted by molar-refractivity contribution is 0.569. The van der Waals surface area contributed by atoms with Crippen molar-refractivity contribution in [3.05, 3.63) is 58.9 Å². The topological polar surface area (TPSA) is 27.8 Å². The fourth-order valence-electron chi connectivity index (χ4n) is 1.61. The van der Waals surface area contributed by atoms with Crippen LogP contribution in [0.2, 0.25) is 5.02 Å². The van der Waals surface area contributed by atoms with Gasteiger partial charge in [-0.3, -0.25) is 0 Å². The predicted molar refractivity (Wildman–Crippen MR) is 67.5 cm³/mol. The van der Waals surface area contributed by atoms with Crippen molar-refractivity contribution in [3.8, 4) is 0 Å². The number of H-pyrrole nitrogens is 1. The van der Waals surface area contributed by atoms with Gasteiger partial charge >= 0.3 is 0 Å². The lowest BCUT2D eigenvalue weighted by Crippen LogP contribution is -2.18. The quantitative estimate of drug-likeness (QED) is 0.833. The molecule has 0 spiro atoms. The van der Waals surface area contributed by atoms with Crippen LogP contribution in [0.4, 0.5) is 0 Å². The molecule has 0 radical (unpaired) electrons. The smallest absolute Gasteiger partial charge is 0.0406 e. The molecule has 0 saturated heterocycles. The lowest BCUT2D eigenvalue weighted by atomic mass is 10.1. The monoisotopic (exact) mass is 234 g/mol. The molecule has 3 heteroatoms. The molecule has 2 aromatic rings. The number of aromatic amines is 1. The third-order valence-corrected chi connectivity index (χ3v) is 2.88. The first kappa shape index (κ1) is 11.2. The number of halogens is 1. The highest BCUT2D eigenvalue weighted by molar-refractivity contribution is 6.30. The largest absolute Gasteiger partial charge is 0.364 e. The molecule has 2 rings (SSSR count). The van der Waals surface area contributed by atoms with Crippen molar-refractivity contribution in [2.45, 2.75) is 19.5 Å². The zero-order valence-electron chi connectivity index (χ0n) is 9.20. The van der Waals surface area contributed by atoms with Crippen molar-refractivity contribution in [3.63, 3.8) is 0 Å². The van der Waals surface area contributed by atoms with Gasteiger partial charge in [0.05, 0.1) is 0 Å². The third kappa shape index (κ3) is 2.87. The van der Waals surface area contributed by atoms with Crippen LogP contribution in [0.1, 0.15) is 24.2 Å². The first-order valence-corrected chi connectivity index (χ1v) is 5.74. The van der Waals surface area contributed by atoms with Gasteiger partial charge in [0, 0.05) is 29.5 Å². The van der Waals surface area contributed by atoms with Gasteiger partial charge in [0.25, 0.3) is 0 Å². The van der Waals surface area contributed by atoms with Crippen LogP contribution in [0.3, 0.4) is 0 Å². The summed E-state index contributed by atoms with van der Waals surface area (Å²) in [5.41, 5.74) is 2.44. The molecule has 84 valence electrons. The number of rotatable bonds is 4. The fourth-order valence-corrected chi connectivity index (χ4v) is 1.74. The Labute approximate surface area is 101 Å². The minimum absolute atomic E-state index is 0.320. The minimum atomic E-state index is 0.320. The summed E-state index contributed by atoms with van der Waals surface area (Å²) in [7, 11) is 0. The number of aromatic nitrogens is 1. The van der Waals surface area contributed by atoms with Gasteiger partial charge in [-0.25, -0.2) is 0 Å². The maximum Gasteiger partial charge on any atom is 0.0406 e. The van der Waals surface area contributed by atoms with Crippen LogP contribution >= 0.6 is 11.6 Å². The van der Waals surface area contributed by atoms with Gasteiger partial charge in [0.1, 0.15) is 0 Å². The van der Waals surface area contributed by atoms with E-state index in [1.165, 1.54) is 11.3 Å². The summed E-state index contributed by atoms with van der Waals surface area (Å²) >= 11 is 5.85. The average Bonchev–Trinajstić information content (AvgIpc) is 2.80. The van der Waals surface area contributed by atoms with E-state index in [-0.39, 0.29) is 0 Å². The molecular weight excluding hydrogens is 220 g/mol. The minimum Gasteiger partial charge on any atom is -0.364 e. The van der Waals surface area contributed by atoms with Gasteiger partial charge in [-0.1, -0.05) is 23.7 Å². The Hall–Kier alpha value is -1.25. The Morgan fingerprint density at radius 2 is 2.00 bits per heavy atom. The fraction of sp³-hybridized carbons (Fsp3) is 0.231. The molecule has 0 aliphatic rings. The Bertz CT molecular complexity index is 420. The van der Waals surface area contributed by atoms with E-state index in [4.69, 9.17) is 11.6 Å². The van der Waals surface area contributed by atoms with Crippen LogP contribution in [0.5, 0.6) is 0 Å². The number of nitrogens with one attached hydrogen (secondary N) is 2. The Morgan fingerprint density at radius 3 is 2.62 bits per heavy atom. The number of hydrogen-bond acceptors (Lipinski definition) is 1. The summed E-state index contributed by atoms with van der Waals surface area (Å²) < 4.78 is 0. The van der Waals surface area contributed by atoms with E-state index in [0.717, 1.165) is 11.6 Å². The number of benzene rings is 1. The molecule has 0 saturated carbocycles. The molecule has 0 bridgehead atoms. The molecule has 1 heterocycles. The van der Waals surface area contributed by atoms with E-state index in [2.05, 4.69) is 35.4 Å². The van der Waals surface area contributed by atoms with Gasteiger partial charge in [-0.15, -0.1) is 0 Å². The van der Waals surface area contributed by atoms with Crippen LogP contribution < -0.4 is 5.32 Å². The van der Waals surface area contributed by atoms with E-state index < -0.39 is 0 Å². The first-order chi connectivity index (χ1) is 7.75. The van der Waals surface area contributed by atoms with Crippen molar-refractivity contribution >= 4 is 11.6 Å². The van der Waals surface area contributed by atoms with Crippen LogP contribution in [-0.2, 0) is 6.54 Å². The molecular formula is C13H15ClN2. The summed E-state index contributed by atoms with van der Waals surface area (Å²) in [5, 5.41) is 4.22. The van der Waals surface area contributed by atoms with Gasteiger partial charge in [-0.05, 0) is 36.8 Å². The molecule has 0 amide bonds. The highest BCUT2D eigenvalue weighted by Crippen LogP contribution is 2.16. The van der Waals surface area contributed by atoms with Crippen molar-refractivity contribution in [1.29, 1.82) is 0 Å². The van der Waals surface area contributed by atoms with Crippen LogP contribution in [-0.4, -0.2) is 4.98 Å². The summed E-state index contributed by atoms with van der Waals surface area (Å²) in [6.07, 6.45) is 1.93. The van der Waals surface area contributed by atoms with Crippen LogP contribution in [0.25, 0.3) is 0 Å². The summed E-state index contributed by atoms with van der Waals surface area (Å²) in [5.74, 6) is 0. The van der Waals surface area contributed by atoms with Gasteiger partial charge in [0.2, 0.25) is 0 Å². The van der Waals surface area contributed by atoms with E-state index in [1.54, 1.807) is 0 Å². The normalized spacial score (nSPS) is 12.6.